The molecule has 0 unspecified atom stereocenters. The monoisotopic (exact) mass is 283 g/mol. The van der Waals surface area contributed by atoms with Crippen molar-refractivity contribution in [1.29, 1.82) is 0 Å². The van der Waals surface area contributed by atoms with Crippen molar-refractivity contribution < 1.29 is 4.79 Å². The summed E-state index contributed by atoms with van der Waals surface area (Å²) in [5.74, 6) is -0.160. The van der Waals surface area contributed by atoms with E-state index in [0.29, 0.717) is 5.57 Å². The molecule has 2 heteroatoms. The highest BCUT2D eigenvalue weighted by Gasteiger charge is 2.26. The topological polar surface area (TPSA) is 29.4 Å². The molecule has 2 aromatic carbocycles. The Morgan fingerprint density at radius 2 is 1.73 bits per heavy atom. The maximum atomic E-state index is 11.9. The molecule has 0 N–H and O–H groups in total. The van der Waals surface area contributed by atoms with Crippen LogP contribution in [0.1, 0.15) is 22.3 Å². The second-order valence-electron chi connectivity index (χ2n) is 5.27. The number of nitrogens with zero attached hydrogens (tertiary/aromatic N) is 1. The summed E-state index contributed by atoms with van der Waals surface area (Å²) in [4.78, 5) is 15.8. The number of carbonyl (C=O) groups is 1. The Hall–Kier alpha value is -3.00. The third kappa shape index (κ3) is 2.06. The van der Waals surface area contributed by atoms with Crippen LogP contribution in [0.2, 0.25) is 0 Å². The highest BCUT2D eigenvalue weighted by atomic mass is 16.1. The lowest BCUT2D eigenvalue weighted by Crippen LogP contribution is -2.02. The van der Waals surface area contributed by atoms with Gasteiger partial charge in [0.05, 0.1) is 5.57 Å². The Kier molecular flexibility index (Phi) is 2.94. The van der Waals surface area contributed by atoms with Crippen LogP contribution in [0.4, 0.5) is 0 Å². The normalized spacial score (nSPS) is 15.5. The SMILES string of the molecule is O=C1N=CC=C2C1=Cc1c(C=Cc3ccccc3)cccc12. The number of benzene rings is 2. The second-order valence-corrected chi connectivity index (χ2v) is 5.27. The van der Waals surface area contributed by atoms with Crippen LogP contribution in [-0.2, 0) is 4.79 Å². The van der Waals surface area contributed by atoms with E-state index in [-0.39, 0.29) is 5.91 Å². The van der Waals surface area contributed by atoms with E-state index >= 15 is 0 Å². The van der Waals surface area contributed by atoms with Gasteiger partial charge in [0.25, 0.3) is 5.91 Å². The van der Waals surface area contributed by atoms with Crippen molar-refractivity contribution in [3.05, 3.63) is 82.4 Å². The quantitative estimate of drug-likeness (QED) is 0.758. The van der Waals surface area contributed by atoms with Crippen molar-refractivity contribution >= 4 is 35.9 Å². The lowest BCUT2D eigenvalue weighted by molar-refractivity contribution is -0.113. The molecule has 104 valence electrons. The van der Waals surface area contributed by atoms with Gasteiger partial charge >= 0.3 is 0 Å². The summed E-state index contributed by atoms with van der Waals surface area (Å²) in [6.45, 7) is 0. The number of rotatable bonds is 2. The molecule has 0 saturated carbocycles. The molecular weight excluding hydrogens is 270 g/mol. The third-order valence-corrected chi connectivity index (χ3v) is 3.93. The fourth-order valence-electron chi connectivity index (χ4n) is 2.85. The minimum Gasteiger partial charge on any atom is -0.267 e. The molecule has 1 aliphatic heterocycles. The molecule has 0 fully saturated rings. The third-order valence-electron chi connectivity index (χ3n) is 3.93. The van der Waals surface area contributed by atoms with Crippen LogP contribution in [-0.4, -0.2) is 12.1 Å². The highest BCUT2D eigenvalue weighted by molar-refractivity contribution is 6.23. The van der Waals surface area contributed by atoms with E-state index < -0.39 is 0 Å². The molecule has 1 amide bonds. The maximum Gasteiger partial charge on any atom is 0.277 e. The van der Waals surface area contributed by atoms with E-state index in [1.807, 2.05) is 36.4 Å². The fraction of sp³-hybridized carbons (Fsp3) is 0. The van der Waals surface area contributed by atoms with Crippen molar-refractivity contribution in [2.45, 2.75) is 0 Å². The van der Waals surface area contributed by atoms with Gasteiger partial charge in [-0.05, 0) is 40.0 Å². The molecule has 4 rings (SSSR count). The van der Waals surface area contributed by atoms with Crippen molar-refractivity contribution in [2.24, 2.45) is 4.99 Å². The Balaban J connectivity index is 1.78. The Morgan fingerprint density at radius 3 is 2.59 bits per heavy atom. The summed E-state index contributed by atoms with van der Waals surface area (Å²) in [6, 6.07) is 16.3. The maximum absolute atomic E-state index is 11.9. The van der Waals surface area contributed by atoms with Gasteiger partial charge in [-0.15, -0.1) is 0 Å². The van der Waals surface area contributed by atoms with Gasteiger partial charge in [0.1, 0.15) is 0 Å². The standard InChI is InChI=1S/C20H13NO/c22-20-19-13-18-15(10-9-14-5-2-1-3-6-14)7-4-8-16(18)17(19)11-12-21-20/h1-13H. The van der Waals surface area contributed by atoms with Gasteiger partial charge in [0, 0.05) is 6.21 Å². The zero-order valence-electron chi connectivity index (χ0n) is 11.9. The fourth-order valence-corrected chi connectivity index (χ4v) is 2.85. The zero-order valence-corrected chi connectivity index (χ0v) is 11.9. The first-order valence-electron chi connectivity index (χ1n) is 7.20. The lowest BCUT2D eigenvalue weighted by atomic mass is 9.98. The summed E-state index contributed by atoms with van der Waals surface area (Å²) in [5, 5.41) is 0. The molecule has 0 aromatic heterocycles. The largest absolute Gasteiger partial charge is 0.277 e. The average molecular weight is 283 g/mol. The van der Waals surface area contributed by atoms with Gasteiger partial charge in [0.2, 0.25) is 0 Å². The predicted molar refractivity (Wildman–Crippen MR) is 91.3 cm³/mol. The molecule has 1 heterocycles. The molecule has 0 radical (unpaired) electrons. The van der Waals surface area contributed by atoms with Crippen molar-refractivity contribution in [2.75, 3.05) is 0 Å². The Morgan fingerprint density at radius 1 is 0.864 bits per heavy atom. The molecule has 1 aliphatic carbocycles. The van der Waals surface area contributed by atoms with E-state index in [1.165, 1.54) is 0 Å². The molecule has 0 saturated heterocycles. The first-order chi connectivity index (χ1) is 10.8. The second kappa shape index (κ2) is 5.08. The summed E-state index contributed by atoms with van der Waals surface area (Å²) >= 11 is 0. The number of carbonyl (C=O) groups excluding carboxylic acids is 1. The van der Waals surface area contributed by atoms with E-state index in [1.54, 1.807) is 6.21 Å². The minimum absolute atomic E-state index is 0.160. The molecule has 2 nitrogen and oxygen atoms in total. The number of hydrogen-bond acceptors (Lipinski definition) is 1. The van der Waals surface area contributed by atoms with E-state index in [2.05, 4.69) is 41.4 Å². The van der Waals surface area contributed by atoms with Gasteiger partial charge in [0.15, 0.2) is 0 Å². The average Bonchev–Trinajstić information content (AvgIpc) is 2.95. The Labute approximate surface area is 128 Å². The van der Waals surface area contributed by atoms with Gasteiger partial charge in [-0.1, -0.05) is 60.7 Å². The number of aliphatic imine (C=N–C) groups is 1. The van der Waals surface area contributed by atoms with Crippen molar-refractivity contribution in [3.8, 4) is 0 Å². The highest BCUT2D eigenvalue weighted by Crippen LogP contribution is 2.39. The summed E-state index contributed by atoms with van der Waals surface area (Å²) in [7, 11) is 0. The van der Waals surface area contributed by atoms with Crippen LogP contribution in [0.3, 0.4) is 0 Å². The first-order valence-corrected chi connectivity index (χ1v) is 7.20. The first kappa shape index (κ1) is 12.7. The predicted octanol–water partition coefficient (Wildman–Crippen LogP) is 4.25. The number of dihydropyridines is 1. The van der Waals surface area contributed by atoms with Gasteiger partial charge in [-0.2, -0.15) is 0 Å². The van der Waals surface area contributed by atoms with Crippen LogP contribution >= 0.6 is 0 Å². The minimum atomic E-state index is -0.160. The number of hydrogen-bond donors (Lipinski definition) is 0. The van der Waals surface area contributed by atoms with Gasteiger partial charge in [-0.3, -0.25) is 4.79 Å². The molecule has 2 aromatic rings. The smallest absolute Gasteiger partial charge is 0.267 e. The lowest BCUT2D eigenvalue weighted by Gasteiger charge is -2.07. The van der Waals surface area contributed by atoms with E-state index in [9.17, 15) is 4.79 Å². The van der Waals surface area contributed by atoms with E-state index in [4.69, 9.17) is 0 Å². The van der Waals surface area contributed by atoms with Crippen LogP contribution in [0.5, 0.6) is 0 Å². The summed E-state index contributed by atoms with van der Waals surface area (Å²) in [5.41, 5.74) is 6.13. The van der Waals surface area contributed by atoms with Crippen LogP contribution in [0, 0.1) is 0 Å². The van der Waals surface area contributed by atoms with Gasteiger partial charge in [-0.25, -0.2) is 4.99 Å². The van der Waals surface area contributed by atoms with Crippen molar-refractivity contribution in [1.82, 2.24) is 0 Å². The molecule has 0 bridgehead atoms. The van der Waals surface area contributed by atoms with Crippen molar-refractivity contribution in [3.63, 3.8) is 0 Å². The molecule has 22 heavy (non-hydrogen) atoms. The van der Waals surface area contributed by atoms with E-state index in [0.717, 1.165) is 27.8 Å². The number of amides is 1. The van der Waals surface area contributed by atoms with Crippen LogP contribution < -0.4 is 0 Å². The zero-order chi connectivity index (χ0) is 14.9. The Bertz CT molecular complexity index is 883. The van der Waals surface area contributed by atoms with Crippen LogP contribution in [0.15, 0.2) is 65.2 Å². The van der Waals surface area contributed by atoms with Crippen LogP contribution in [0.25, 0.3) is 23.8 Å². The summed E-state index contributed by atoms with van der Waals surface area (Å²) in [6.07, 6.45) is 9.61. The number of fused-ring (bicyclic) bond motifs is 3. The summed E-state index contributed by atoms with van der Waals surface area (Å²) < 4.78 is 0. The molecule has 0 atom stereocenters. The molecule has 2 aliphatic rings. The molecule has 0 spiro atoms. The number of allylic oxidation sites excluding steroid dienone is 1. The van der Waals surface area contributed by atoms with Gasteiger partial charge < -0.3 is 0 Å². The molecular formula is C20H13NO.